The number of aliphatic hydroxyl groups is 1. The molecule has 0 aliphatic carbocycles. The summed E-state index contributed by atoms with van der Waals surface area (Å²) in [5.74, 6) is 0. The highest BCUT2D eigenvalue weighted by Crippen LogP contribution is 1.87. The zero-order chi connectivity index (χ0) is 10.7. The Morgan fingerprint density at radius 1 is 1.23 bits per heavy atom. The first-order valence-corrected chi connectivity index (χ1v) is 3.22. The van der Waals surface area contributed by atoms with Crippen LogP contribution in [-0.2, 0) is 4.84 Å². The van der Waals surface area contributed by atoms with E-state index < -0.39 is 10.2 Å². The predicted molar refractivity (Wildman–Crippen MR) is 38.0 cm³/mol. The van der Waals surface area contributed by atoms with Crippen LogP contribution < -0.4 is 0 Å². The minimum absolute atomic E-state index is 0.0566. The summed E-state index contributed by atoms with van der Waals surface area (Å²) in [5.41, 5.74) is 0. The van der Waals surface area contributed by atoms with E-state index in [1.807, 2.05) is 0 Å². The van der Waals surface area contributed by atoms with Crippen molar-refractivity contribution in [2.75, 3.05) is 13.2 Å². The van der Waals surface area contributed by atoms with Crippen molar-refractivity contribution in [1.82, 2.24) is 0 Å². The lowest BCUT2D eigenvalue weighted by Gasteiger charge is -1.94. The molecule has 0 unspecified atom stereocenters. The lowest BCUT2D eigenvalue weighted by atomic mass is 10.3. The van der Waals surface area contributed by atoms with Gasteiger partial charge in [-0.05, 0) is 12.8 Å². The maximum absolute atomic E-state index is 9.48. The van der Waals surface area contributed by atoms with Crippen molar-refractivity contribution in [1.29, 1.82) is 0 Å². The molecule has 9 heteroatoms. The van der Waals surface area contributed by atoms with E-state index in [9.17, 15) is 10.1 Å². The molecule has 0 heterocycles. The summed E-state index contributed by atoms with van der Waals surface area (Å²) in [5, 5.41) is 30.5. The maximum atomic E-state index is 9.48. The van der Waals surface area contributed by atoms with E-state index in [0.717, 1.165) is 0 Å². The molecule has 0 bridgehead atoms. The number of rotatable bonds is 5. The molecule has 0 radical (unpaired) electrons. The van der Waals surface area contributed by atoms with Crippen LogP contribution in [0.4, 0.5) is 0 Å². The van der Waals surface area contributed by atoms with Crippen molar-refractivity contribution >= 4 is 0 Å². The normalized spacial score (nSPS) is 8.08. The van der Waals surface area contributed by atoms with Gasteiger partial charge in [0.2, 0.25) is 0 Å². The van der Waals surface area contributed by atoms with E-state index in [0.29, 0.717) is 12.8 Å². The molecule has 0 rings (SSSR count). The van der Waals surface area contributed by atoms with Crippen LogP contribution in [0.1, 0.15) is 12.8 Å². The first kappa shape index (κ1) is 13.9. The largest absolute Gasteiger partial charge is 0.396 e. The number of nitrogens with zero attached hydrogens (tertiary/aromatic N) is 2. The van der Waals surface area contributed by atoms with Gasteiger partial charge in [-0.1, -0.05) is 0 Å². The third kappa shape index (κ3) is 38.1. The minimum atomic E-state index is -1.50. The Balaban J connectivity index is 0. The Hall–Kier alpha value is -1.64. The van der Waals surface area contributed by atoms with Gasteiger partial charge in [0, 0.05) is 6.61 Å². The van der Waals surface area contributed by atoms with Gasteiger partial charge in [-0.25, -0.2) is 0 Å². The van der Waals surface area contributed by atoms with Gasteiger partial charge in [-0.15, -0.1) is 20.2 Å². The van der Waals surface area contributed by atoms with Gasteiger partial charge >= 0.3 is 0 Å². The molecule has 0 aromatic heterocycles. The second kappa shape index (κ2) is 10.4. The molecular weight excluding hydrogens is 188 g/mol. The summed E-state index contributed by atoms with van der Waals surface area (Å²) >= 11 is 0. The van der Waals surface area contributed by atoms with Gasteiger partial charge < -0.3 is 15.2 Å². The average molecular weight is 198 g/mol. The fraction of sp³-hybridized carbons (Fsp3) is 1.00. The Morgan fingerprint density at radius 3 is 2.00 bits per heavy atom. The molecule has 78 valence electrons. The second-order valence-corrected chi connectivity index (χ2v) is 1.73. The van der Waals surface area contributed by atoms with E-state index in [1.165, 1.54) is 0 Å². The Kier molecular flexibility index (Phi) is 11.1. The van der Waals surface area contributed by atoms with Crippen LogP contribution in [0.25, 0.3) is 0 Å². The van der Waals surface area contributed by atoms with Crippen molar-refractivity contribution in [3.05, 3.63) is 20.2 Å². The van der Waals surface area contributed by atoms with Crippen LogP contribution in [0.2, 0.25) is 0 Å². The fourth-order valence-corrected chi connectivity index (χ4v) is 0.353. The molecule has 9 nitrogen and oxygen atoms in total. The fourth-order valence-electron chi connectivity index (χ4n) is 0.353. The molecule has 0 aromatic carbocycles. The molecule has 0 fully saturated rings. The summed E-state index contributed by atoms with van der Waals surface area (Å²) in [6.45, 7) is 0.134. The van der Waals surface area contributed by atoms with Gasteiger partial charge in [0.15, 0.2) is 0 Å². The Labute approximate surface area is 72.8 Å². The van der Waals surface area contributed by atoms with Crippen molar-refractivity contribution in [3.63, 3.8) is 0 Å². The molecule has 0 spiro atoms. The molecule has 0 saturated carbocycles. The lowest BCUT2D eigenvalue weighted by molar-refractivity contribution is -0.757. The summed E-state index contributed by atoms with van der Waals surface area (Å²) in [7, 11) is 0. The number of aliphatic hydroxyl groups excluding tert-OH is 1. The van der Waals surface area contributed by atoms with Crippen LogP contribution in [0.15, 0.2) is 0 Å². The number of hydrogen-bond acceptors (Lipinski definition) is 6. The summed E-state index contributed by atoms with van der Waals surface area (Å²) < 4.78 is 0. The number of unbranched alkanes of at least 4 members (excludes halogenated alkanes) is 1. The molecule has 0 aliphatic heterocycles. The van der Waals surface area contributed by atoms with Crippen molar-refractivity contribution < 1.29 is 25.3 Å². The first-order valence-electron chi connectivity index (χ1n) is 3.22. The van der Waals surface area contributed by atoms with Gasteiger partial charge in [-0.2, -0.15) is 0 Å². The van der Waals surface area contributed by atoms with E-state index in [1.54, 1.807) is 0 Å². The Bertz CT molecular complexity index is 145. The van der Waals surface area contributed by atoms with E-state index in [-0.39, 0.29) is 13.2 Å². The van der Waals surface area contributed by atoms with Crippen LogP contribution in [0, 0.1) is 20.2 Å². The molecule has 0 aliphatic rings. The van der Waals surface area contributed by atoms with Crippen LogP contribution in [0.3, 0.4) is 0 Å². The van der Waals surface area contributed by atoms with Crippen molar-refractivity contribution in [2.24, 2.45) is 0 Å². The standard InChI is InChI=1S/C4H9NO4.HNO3/c6-3-1-2-4-9-5(7)8;2-1(3)4/h6H,1-4H2;(H,2,3,4). The smallest absolute Gasteiger partial charge is 0.294 e. The molecule has 0 saturated heterocycles. The van der Waals surface area contributed by atoms with Gasteiger partial charge in [0.05, 0.1) is 6.61 Å². The lowest BCUT2D eigenvalue weighted by Crippen LogP contribution is -2.02. The highest BCUT2D eigenvalue weighted by Gasteiger charge is 1.91. The zero-order valence-electron chi connectivity index (χ0n) is 6.66. The molecular formula is C4H10N2O7. The topological polar surface area (TPSA) is 136 Å². The van der Waals surface area contributed by atoms with E-state index in [2.05, 4.69) is 4.84 Å². The highest BCUT2D eigenvalue weighted by molar-refractivity contribution is 4.31. The van der Waals surface area contributed by atoms with Crippen molar-refractivity contribution in [2.45, 2.75) is 12.8 Å². The van der Waals surface area contributed by atoms with Crippen molar-refractivity contribution in [3.8, 4) is 0 Å². The van der Waals surface area contributed by atoms with E-state index >= 15 is 0 Å². The van der Waals surface area contributed by atoms with Gasteiger partial charge in [-0.3, -0.25) is 0 Å². The second-order valence-electron chi connectivity index (χ2n) is 1.73. The van der Waals surface area contributed by atoms with Gasteiger partial charge in [0.1, 0.15) is 0 Å². The minimum Gasteiger partial charge on any atom is -0.396 e. The third-order valence-corrected chi connectivity index (χ3v) is 0.749. The number of hydrogen-bond donors (Lipinski definition) is 2. The van der Waals surface area contributed by atoms with Crippen LogP contribution in [0.5, 0.6) is 0 Å². The van der Waals surface area contributed by atoms with Gasteiger partial charge in [0.25, 0.3) is 10.2 Å². The Morgan fingerprint density at radius 2 is 1.69 bits per heavy atom. The highest BCUT2D eigenvalue weighted by atomic mass is 16.9. The quantitative estimate of drug-likeness (QED) is 0.349. The molecule has 0 atom stereocenters. The molecule has 0 aromatic rings. The third-order valence-electron chi connectivity index (χ3n) is 0.749. The molecule has 13 heavy (non-hydrogen) atoms. The van der Waals surface area contributed by atoms with Crippen LogP contribution >= 0.6 is 0 Å². The molecule has 2 N–H and O–H groups in total. The zero-order valence-corrected chi connectivity index (χ0v) is 6.66. The molecule has 0 amide bonds. The SMILES string of the molecule is O=[N+]([O-])O.O=[N+]([O-])OCCCCO. The summed E-state index contributed by atoms with van der Waals surface area (Å²) in [6.07, 6.45) is 1.07. The summed E-state index contributed by atoms with van der Waals surface area (Å²) in [6, 6.07) is 0. The first-order chi connectivity index (χ1) is 6.00. The van der Waals surface area contributed by atoms with E-state index in [4.69, 9.17) is 20.4 Å². The monoisotopic (exact) mass is 198 g/mol. The van der Waals surface area contributed by atoms with Crippen LogP contribution in [-0.4, -0.2) is 33.7 Å². The maximum Gasteiger partial charge on any atom is 0.294 e. The summed E-state index contributed by atoms with van der Waals surface area (Å²) in [4.78, 5) is 21.8. The average Bonchev–Trinajstić information content (AvgIpc) is 1.97. The predicted octanol–water partition coefficient (Wildman–Crippen LogP) is -0.381.